The maximum atomic E-state index is 13.1. The third-order valence-electron chi connectivity index (χ3n) is 5.59. The van der Waals surface area contributed by atoms with Crippen LogP contribution in [0.3, 0.4) is 0 Å². The van der Waals surface area contributed by atoms with Gasteiger partial charge in [-0.05, 0) is 43.2 Å². The zero-order valence-corrected chi connectivity index (χ0v) is 15.5. The van der Waals surface area contributed by atoms with E-state index in [1.807, 2.05) is 12.1 Å². The van der Waals surface area contributed by atoms with E-state index in [-0.39, 0.29) is 5.92 Å². The first-order valence-corrected chi connectivity index (χ1v) is 10.9. The molecule has 0 radical (unpaired) electrons. The number of nitrogens with zero attached hydrogens (tertiary/aromatic N) is 2. The number of rotatable bonds is 3. The summed E-state index contributed by atoms with van der Waals surface area (Å²) in [5.74, 6) is 0.253. The number of benzene rings is 1. The number of hydrogen-bond acceptors (Lipinski definition) is 2. The first-order chi connectivity index (χ1) is 12.1. The van der Waals surface area contributed by atoms with Gasteiger partial charge in [0.05, 0.1) is 0 Å². The standard InChI is InChI=1S/C19H27N3O2S/c23-25(24,21-11-5-1-2-6-12-21)22-13-7-9-17(15-22)19-14-16-8-3-4-10-18(16)20-19/h3-4,8,10,14,17,20H,1-2,5-7,9,11-13,15H2. The Morgan fingerprint density at radius 2 is 1.64 bits per heavy atom. The molecule has 6 heteroatoms. The van der Waals surface area contributed by atoms with Crippen LogP contribution in [-0.4, -0.2) is 48.2 Å². The van der Waals surface area contributed by atoms with Crippen LogP contribution in [0.25, 0.3) is 10.9 Å². The van der Waals surface area contributed by atoms with Gasteiger partial charge >= 0.3 is 0 Å². The summed E-state index contributed by atoms with van der Waals surface area (Å²) in [5, 5.41) is 1.20. The van der Waals surface area contributed by atoms with E-state index in [1.165, 1.54) is 5.39 Å². The second-order valence-electron chi connectivity index (χ2n) is 7.33. The SMILES string of the molecule is O=S(=O)(N1CCCCCC1)N1CCCC(c2cc3ccccc3[nH]2)C1. The quantitative estimate of drug-likeness (QED) is 0.910. The van der Waals surface area contributed by atoms with Crippen molar-refractivity contribution in [3.05, 3.63) is 36.0 Å². The van der Waals surface area contributed by atoms with Gasteiger partial charge in [-0.1, -0.05) is 31.0 Å². The number of H-pyrrole nitrogens is 1. The van der Waals surface area contributed by atoms with Crippen LogP contribution in [0.2, 0.25) is 0 Å². The third-order valence-corrected chi connectivity index (χ3v) is 7.59. The molecule has 4 rings (SSSR count). The molecule has 3 heterocycles. The third kappa shape index (κ3) is 3.48. The van der Waals surface area contributed by atoms with E-state index in [9.17, 15) is 8.42 Å². The number of para-hydroxylation sites is 1. The molecule has 2 aromatic rings. The Bertz CT molecular complexity index is 789. The zero-order valence-electron chi connectivity index (χ0n) is 14.7. The molecule has 1 aromatic carbocycles. The minimum Gasteiger partial charge on any atom is -0.358 e. The van der Waals surface area contributed by atoms with E-state index in [1.54, 1.807) is 8.61 Å². The fourth-order valence-electron chi connectivity index (χ4n) is 4.16. The van der Waals surface area contributed by atoms with Gasteiger partial charge < -0.3 is 4.98 Å². The van der Waals surface area contributed by atoms with Gasteiger partial charge in [0.1, 0.15) is 0 Å². The Hall–Kier alpha value is -1.37. The van der Waals surface area contributed by atoms with Crippen LogP contribution in [0, 0.1) is 0 Å². The molecule has 0 spiro atoms. The summed E-state index contributed by atoms with van der Waals surface area (Å²) >= 11 is 0. The number of hydrogen-bond donors (Lipinski definition) is 1. The molecule has 2 aliphatic rings. The lowest BCUT2D eigenvalue weighted by Gasteiger charge is -2.35. The van der Waals surface area contributed by atoms with Crippen molar-refractivity contribution in [2.45, 2.75) is 44.4 Å². The van der Waals surface area contributed by atoms with Gasteiger partial charge in [0, 0.05) is 43.3 Å². The Kier molecular flexibility index (Phi) is 4.84. The summed E-state index contributed by atoms with van der Waals surface area (Å²) in [5.41, 5.74) is 2.29. The molecule has 1 aromatic heterocycles. The Labute approximate surface area is 150 Å². The Morgan fingerprint density at radius 3 is 2.40 bits per heavy atom. The molecule has 1 N–H and O–H groups in total. The number of aromatic nitrogens is 1. The van der Waals surface area contributed by atoms with E-state index in [4.69, 9.17) is 0 Å². The molecule has 0 bridgehead atoms. The smallest absolute Gasteiger partial charge is 0.281 e. The largest absolute Gasteiger partial charge is 0.358 e. The predicted octanol–water partition coefficient (Wildman–Crippen LogP) is 3.47. The highest BCUT2D eigenvalue weighted by Crippen LogP contribution is 2.31. The zero-order chi connectivity index (χ0) is 17.3. The van der Waals surface area contributed by atoms with E-state index >= 15 is 0 Å². The fourth-order valence-corrected chi connectivity index (χ4v) is 5.93. The number of fused-ring (bicyclic) bond motifs is 1. The van der Waals surface area contributed by atoms with E-state index in [0.717, 1.165) is 49.7 Å². The molecule has 0 saturated carbocycles. The molecule has 2 fully saturated rings. The minimum atomic E-state index is -3.33. The topological polar surface area (TPSA) is 56.4 Å². The highest BCUT2D eigenvalue weighted by atomic mass is 32.2. The average Bonchev–Trinajstić information content (AvgIpc) is 2.87. The van der Waals surface area contributed by atoms with Crippen LogP contribution in [0.1, 0.15) is 50.1 Å². The first-order valence-electron chi connectivity index (χ1n) is 9.47. The monoisotopic (exact) mass is 361 g/mol. The molecule has 1 atom stereocenters. The van der Waals surface area contributed by atoms with Gasteiger partial charge in [0.25, 0.3) is 10.2 Å². The molecule has 5 nitrogen and oxygen atoms in total. The lowest BCUT2D eigenvalue weighted by Crippen LogP contribution is -2.47. The van der Waals surface area contributed by atoms with Crippen LogP contribution in [0.5, 0.6) is 0 Å². The summed E-state index contributed by atoms with van der Waals surface area (Å²) in [4.78, 5) is 3.49. The number of aromatic amines is 1. The van der Waals surface area contributed by atoms with Gasteiger partial charge in [-0.3, -0.25) is 0 Å². The maximum absolute atomic E-state index is 13.1. The van der Waals surface area contributed by atoms with E-state index < -0.39 is 10.2 Å². The molecule has 0 amide bonds. The molecule has 136 valence electrons. The van der Waals surface area contributed by atoms with Crippen molar-refractivity contribution in [3.63, 3.8) is 0 Å². The second kappa shape index (κ2) is 7.09. The molecule has 25 heavy (non-hydrogen) atoms. The molecule has 2 aliphatic heterocycles. The summed E-state index contributed by atoms with van der Waals surface area (Å²) in [6.07, 6.45) is 6.22. The van der Waals surface area contributed by atoms with Crippen molar-refractivity contribution < 1.29 is 8.42 Å². The van der Waals surface area contributed by atoms with Crippen molar-refractivity contribution in [2.75, 3.05) is 26.2 Å². The Morgan fingerprint density at radius 1 is 0.920 bits per heavy atom. The van der Waals surface area contributed by atoms with Crippen LogP contribution < -0.4 is 0 Å². The van der Waals surface area contributed by atoms with Crippen LogP contribution >= 0.6 is 0 Å². The molecular weight excluding hydrogens is 334 g/mol. The van der Waals surface area contributed by atoms with Crippen molar-refractivity contribution in [1.82, 2.24) is 13.6 Å². The number of piperidine rings is 1. The molecular formula is C19H27N3O2S. The van der Waals surface area contributed by atoms with Gasteiger partial charge in [-0.25, -0.2) is 0 Å². The summed E-state index contributed by atoms with van der Waals surface area (Å²) in [6, 6.07) is 10.4. The van der Waals surface area contributed by atoms with Gasteiger partial charge in [-0.2, -0.15) is 17.0 Å². The highest BCUT2D eigenvalue weighted by molar-refractivity contribution is 7.86. The summed E-state index contributed by atoms with van der Waals surface area (Å²) in [6.45, 7) is 2.59. The average molecular weight is 362 g/mol. The normalized spacial score (nSPS) is 24.4. The Balaban J connectivity index is 1.53. The van der Waals surface area contributed by atoms with Crippen LogP contribution in [-0.2, 0) is 10.2 Å². The minimum absolute atomic E-state index is 0.253. The summed E-state index contributed by atoms with van der Waals surface area (Å²) in [7, 11) is -3.33. The maximum Gasteiger partial charge on any atom is 0.281 e. The second-order valence-corrected chi connectivity index (χ2v) is 9.26. The first kappa shape index (κ1) is 17.1. The van der Waals surface area contributed by atoms with Gasteiger partial charge in [0.15, 0.2) is 0 Å². The van der Waals surface area contributed by atoms with Gasteiger partial charge in [-0.15, -0.1) is 0 Å². The lowest BCUT2D eigenvalue weighted by atomic mass is 9.96. The molecule has 1 unspecified atom stereocenters. The lowest BCUT2D eigenvalue weighted by molar-refractivity contribution is 0.282. The van der Waals surface area contributed by atoms with Crippen molar-refractivity contribution in [3.8, 4) is 0 Å². The van der Waals surface area contributed by atoms with Crippen LogP contribution in [0.4, 0.5) is 0 Å². The molecule has 2 saturated heterocycles. The highest BCUT2D eigenvalue weighted by Gasteiger charge is 2.34. The van der Waals surface area contributed by atoms with Crippen molar-refractivity contribution >= 4 is 21.1 Å². The van der Waals surface area contributed by atoms with E-state index in [2.05, 4.69) is 23.2 Å². The fraction of sp³-hybridized carbons (Fsp3) is 0.579. The predicted molar refractivity (Wildman–Crippen MR) is 101 cm³/mol. The van der Waals surface area contributed by atoms with Crippen molar-refractivity contribution in [2.24, 2.45) is 0 Å². The molecule has 0 aliphatic carbocycles. The van der Waals surface area contributed by atoms with E-state index in [0.29, 0.717) is 26.2 Å². The van der Waals surface area contributed by atoms with Crippen LogP contribution in [0.15, 0.2) is 30.3 Å². The summed E-state index contributed by atoms with van der Waals surface area (Å²) < 4.78 is 29.6. The van der Waals surface area contributed by atoms with Gasteiger partial charge in [0.2, 0.25) is 0 Å². The number of nitrogens with one attached hydrogen (secondary N) is 1. The van der Waals surface area contributed by atoms with Crippen molar-refractivity contribution in [1.29, 1.82) is 0 Å².